The second-order valence-corrected chi connectivity index (χ2v) is 5.10. The van der Waals surface area contributed by atoms with Crippen LogP contribution in [0.3, 0.4) is 0 Å². The van der Waals surface area contributed by atoms with Gasteiger partial charge in [0.05, 0.1) is 17.2 Å². The minimum Gasteiger partial charge on any atom is -0.396 e. The van der Waals surface area contributed by atoms with Crippen LogP contribution in [0, 0.1) is 0 Å². The van der Waals surface area contributed by atoms with E-state index in [-0.39, 0.29) is 12.2 Å². The summed E-state index contributed by atoms with van der Waals surface area (Å²) >= 11 is 3.36. The number of hydrogen-bond acceptors (Lipinski definition) is 3. The van der Waals surface area contributed by atoms with Crippen molar-refractivity contribution in [3.05, 3.63) is 39.4 Å². The van der Waals surface area contributed by atoms with Gasteiger partial charge in [0, 0.05) is 17.6 Å². The third-order valence-corrected chi connectivity index (χ3v) is 3.34. The van der Waals surface area contributed by atoms with E-state index in [9.17, 15) is 4.79 Å². The highest BCUT2D eigenvalue weighted by atomic mass is 79.9. The number of fused-ring (bicyclic) bond motifs is 1. The zero-order valence-corrected chi connectivity index (χ0v) is 11.6. The first-order valence-electron chi connectivity index (χ1n) is 5.98. The zero-order chi connectivity index (χ0) is 13.0. The van der Waals surface area contributed by atoms with Crippen molar-refractivity contribution in [3.63, 3.8) is 0 Å². The number of benzene rings is 1. The van der Waals surface area contributed by atoms with Gasteiger partial charge in [-0.1, -0.05) is 15.9 Å². The largest absolute Gasteiger partial charge is 0.396 e. The predicted molar refractivity (Wildman–Crippen MR) is 74.6 cm³/mol. The first-order valence-corrected chi connectivity index (χ1v) is 6.77. The highest BCUT2D eigenvalue weighted by Crippen LogP contribution is 2.14. The lowest BCUT2D eigenvalue weighted by Gasteiger charge is -2.06. The van der Waals surface area contributed by atoms with Crippen molar-refractivity contribution >= 4 is 26.8 Å². The molecule has 1 N–H and O–H groups in total. The van der Waals surface area contributed by atoms with E-state index in [1.165, 1.54) is 0 Å². The Kier molecular flexibility index (Phi) is 4.49. The van der Waals surface area contributed by atoms with E-state index >= 15 is 0 Å². The molecule has 0 atom stereocenters. The number of aliphatic hydroxyl groups is 1. The van der Waals surface area contributed by atoms with E-state index in [4.69, 9.17) is 5.11 Å². The third kappa shape index (κ3) is 2.97. The van der Waals surface area contributed by atoms with Crippen molar-refractivity contribution in [1.82, 2.24) is 9.55 Å². The second kappa shape index (κ2) is 6.11. The maximum atomic E-state index is 12.2. The van der Waals surface area contributed by atoms with Crippen LogP contribution in [0.2, 0.25) is 0 Å². The quantitative estimate of drug-likeness (QED) is 0.862. The summed E-state index contributed by atoms with van der Waals surface area (Å²) in [6.07, 6.45) is 4.17. The van der Waals surface area contributed by atoms with Crippen molar-refractivity contribution < 1.29 is 5.11 Å². The molecule has 0 aliphatic rings. The van der Waals surface area contributed by atoms with Crippen LogP contribution in [0.4, 0.5) is 0 Å². The van der Waals surface area contributed by atoms with Gasteiger partial charge in [0.25, 0.3) is 5.56 Å². The topological polar surface area (TPSA) is 55.1 Å². The smallest absolute Gasteiger partial charge is 0.261 e. The average molecular weight is 311 g/mol. The molecule has 2 rings (SSSR count). The summed E-state index contributed by atoms with van der Waals surface area (Å²) in [5, 5.41) is 9.34. The number of aromatic nitrogens is 2. The summed E-state index contributed by atoms with van der Waals surface area (Å²) < 4.78 is 2.51. The fourth-order valence-electron chi connectivity index (χ4n) is 1.86. The fourth-order valence-corrected chi connectivity index (χ4v) is 2.22. The molecule has 0 radical (unpaired) electrons. The number of nitrogens with zero attached hydrogens (tertiary/aromatic N) is 2. The lowest BCUT2D eigenvalue weighted by Crippen LogP contribution is -2.20. The molecule has 0 fully saturated rings. The fraction of sp³-hybridized carbons (Fsp3) is 0.385. The first-order chi connectivity index (χ1) is 8.72. The minimum atomic E-state index is -0.00898. The Bertz CT molecular complexity index is 595. The van der Waals surface area contributed by atoms with Gasteiger partial charge in [-0.3, -0.25) is 9.36 Å². The summed E-state index contributed by atoms with van der Waals surface area (Å²) in [5.74, 6) is 0. The zero-order valence-electron chi connectivity index (χ0n) is 9.97. The number of aliphatic hydroxyl groups excluding tert-OH is 1. The predicted octanol–water partition coefficient (Wildman–Crippen LogP) is 2.32. The Morgan fingerprint density at radius 1 is 1.28 bits per heavy atom. The molecule has 0 amide bonds. The van der Waals surface area contributed by atoms with Gasteiger partial charge in [-0.05, 0) is 37.5 Å². The Balaban J connectivity index is 2.24. The normalized spacial score (nSPS) is 11.0. The van der Waals surface area contributed by atoms with E-state index in [2.05, 4.69) is 20.9 Å². The Morgan fingerprint density at radius 3 is 2.89 bits per heavy atom. The van der Waals surface area contributed by atoms with Gasteiger partial charge in [-0.25, -0.2) is 4.98 Å². The molecule has 0 saturated carbocycles. The van der Waals surface area contributed by atoms with Gasteiger partial charge in [-0.2, -0.15) is 0 Å². The Hall–Kier alpha value is -1.20. The van der Waals surface area contributed by atoms with E-state index < -0.39 is 0 Å². The molecular weight excluding hydrogens is 296 g/mol. The van der Waals surface area contributed by atoms with Gasteiger partial charge < -0.3 is 5.11 Å². The summed E-state index contributed by atoms with van der Waals surface area (Å²) in [6.45, 7) is 0.853. The molecule has 96 valence electrons. The molecule has 0 aliphatic carbocycles. The van der Waals surface area contributed by atoms with Crippen LogP contribution in [0.5, 0.6) is 0 Å². The van der Waals surface area contributed by atoms with Crippen LogP contribution in [0.15, 0.2) is 33.8 Å². The van der Waals surface area contributed by atoms with Gasteiger partial charge in [0.2, 0.25) is 0 Å². The molecule has 18 heavy (non-hydrogen) atoms. The molecule has 4 nitrogen and oxygen atoms in total. The molecule has 1 aromatic heterocycles. The number of rotatable bonds is 5. The van der Waals surface area contributed by atoms with Crippen LogP contribution in [0.25, 0.3) is 10.9 Å². The van der Waals surface area contributed by atoms with Crippen molar-refractivity contribution in [2.75, 3.05) is 6.61 Å². The van der Waals surface area contributed by atoms with E-state index in [1.54, 1.807) is 17.0 Å². The van der Waals surface area contributed by atoms with E-state index in [0.717, 1.165) is 29.3 Å². The van der Waals surface area contributed by atoms with Gasteiger partial charge in [-0.15, -0.1) is 0 Å². The Morgan fingerprint density at radius 2 is 2.11 bits per heavy atom. The maximum absolute atomic E-state index is 12.2. The molecule has 5 heteroatoms. The van der Waals surface area contributed by atoms with E-state index in [0.29, 0.717) is 11.9 Å². The molecule has 2 aromatic rings. The molecule has 0 unspecified atom stereocenters. The lowest BCUT2D eigenvalue weighted by molar-refractivity contribution is 0.281. The van der Waals surface area contributed by atoms with Crippen LogP contribution in [-0.2, 0) is 6.54 Å². The summed E-state index contributed by atoms with van der Waals surface area (Å²) in [4.78, 5) is 16.5. The SMILES string of the molecule is O=c1c2cc(Br)ccc2ncn1CCCCCO. The average Bonchev–Trinajstić information content (AvgIpc) is 2.38. The van der Waals surface area contributed by atoms with Gasteiger partial charge in [0.15, 0.2) is 0 Å². The summed E-state index contributed by atoms with van der Waals surface area (Å²) in [7, 11) is 0. The summed E-state index contributed by atoms with van der Waals surface area (Å²) in [5.41, 5.74) is 0.708. The van der Waals surface area contributed by atoms with Crippen molar-refractivity contribution in [1.29, 1.82) is 0 Å². The number of unbranched alkanes of at least 4 members (excludes halogenated alkanes) is 2. The molecule has 0 aliphatic heterocycles. The molecule has 0 spiro atoms. The minimum absolute atomic E-state index is 0.00898. The van der Waals surface area contributed by atoms with Crippen LogP contribution in [0.1, 0.15) is 19.3 Å². The van der Waals surface area contributed by atoms with Crippen LogP contribution in [-0.4, -0.2) is 21.3 Å². The Labute approximate surface area is 113 Å². The van der Waals surface area contributed by atoms with Crippen molar-refractivity contribution in [3.8, 4) is 0 Å². The highest BCUT2D eigenvalue weighted by Gasteiger charge is 2.04. The molecule has 1 heterocycles. The molecule has 1 aromatic carbocycles. The van der Waals surface area contributed by atoms with Crippen LogP contribution >= 0.6 is 15.9 Å². The third-order valence-electron chi connectivity index (χ3n) is 2.84. The van der Waals surface area contributed by atoms with Gasteiger partial charge in [0.1, 0.15) is 0 Å². The molecular formula is C13H15BrN2O2. The molecule has 0 bridgehead atoms. The number of hydrogen-bond donors (Lipinski definition) is 1. The van der Waals surface area contributed by atoms with Crippen molar-refractivity contribution in [2.45, 2.75) is 25.8 Å². The van der Waals surface area contributed by atoms with Crippen molar-refractivity contribution in [2.24, 2.45) is 0 Å². The summed E-state index contributed by atoms with van der Waals surface area (Å²) in [6, 6.07) is 5.51. The number of aryl methyl sites for hydroxylation is 1. The van der Waals surface area contributed by atoms with Gasteiger partial charge >= 0.3 is 0 Å². The standard InChI is InChI=1S/C13H15BrN2O2/c14-10-4-5-12-11(8-10)13(18)16(9-15-12)6-2-1-3-7-17/h4-5,8-9,17H,1-3,6-7H2. The monoisotopic (exact) mass is 310 g/mol. The van der Waals surface area contributed by atoms with Crippen LogP contribution < -0.4 is 5.56 Å². The maximum Gasteiger partial charge on any atom is 0.261 e. The molecule has 0 saturated heterocycles. The lowest BCUT2D eigenvalue weighted by atomic mass is 10.2. The van der Waals surface area contributed by atoms with E-state index in [1.807, 2.05) is 12.1 Å². The highest BCUT2D eigenvalue weighted by molar-refractivity contribution is 9.10. The first kappa shape index (κ1) is 13.2. The second-order valence-electron chi connectivity index (χ2n) is 4.19. The number of halogens is 1.